The quantitative estimate of drug-likeness (QED) is 0.160. The van der Waals surface area contributed by atoms with Gasteiger partial charge in [-0.1, -0.05) is 45.0 Å². The number of benzene rings is 2. The summed E-state index contributed by atoms with van der Waals surface area (Å²) in [5.74, 6) is 2.98. The predicted octanol–water partition coefficient (Wildman–Crippen LogP) is 6.42. The molecule has 13 heteroatoms. The molecule has 2 aromatic carbocycles. The van der Waals surface area contributed by atoms with Gasteiger partial charge in [-0.15, -0.1) is 0 Å². The number of nitrogens with one attached hydrogen (secondary N) is 1. The van der Waals surface area contributed by atoms with Crippen LogP contribution in [0.2, 0.25) is 0 Å². The highest BCUT2D eigenvalue weighted by molar-refractivity contribution is 7.89. The highest BCUT2D eigenvalue weighted by Crippen LogP contribution is 2.35. The molecule has 0 amide bonds. The average Bonchev–Trinajstić information content (AvgIpc) is 3.70. The van der Waals surface area contributed by atoms with Crippen molar-refractivity contribution in [3.63, 3.8) is 0 Å². The minimum Gasteiger partial charge on any atom is -0.334 e. The molecule has 8 rings (SSSR count). The number of aryl methyl sites for hydroxylation is 4. The van der Waals surface area contributed by atoms with E-state index < -0.39 is 10.0 Å². The van der Waals surface area contributed by atoms with Crippen molar-refractivity contribution >= 4 is 55.1 Å². The second kappa shape index (κ2) is 15.5. The van der Waals surface area contributed by atoms with E-state index >= 15 is 0 Å². The summed E-state index contributed by atoms with van der Waals surface area (Å²) in [7, 11) is 5.01. The van der Waals surface area contributed by atoms with E-state index in [9.17, 15) is 8.42 Å². The van der Waals surface area contributed by atoms with Crippen molar-refractivity contribution in [1.29, 1.82) is 0 Å². The molecule has 12 nitrogen and oxygen atoms in total. The molecule has 0 spiro atoms. The van der Waals surface area contributed by atoms with E-state index in [1.54, 1.807) is 16.8 Å². The smallest absolute Gasteiger partial charge is 0.214 e. The van der Waals surface area contributed by atoms with Crippen molar-refractivity contribution in [2.75, 3.05) is 55.8 Å². The molecule has 54 heavy (non-hydrogen) atoms. The van der Waals surface area contributed by atoms with Crippen LogP contribution in [-0.2, 0) is 37.0 Å². The van der Waals surface area contributed by atoms with Crippen LogP contribution >= 0.6 is 0 Å². The molecule has 0 saturated carbocycles. The third kappa shape index (κ3) is 7.32. The Morgan fingerprint density at radius 3 is 1.61 bits per heavy atom. The number of nitrogens with zero attached hydrogens (tertiary/aromatic N) is 9. The van der Waals surface area contributed by atoms with Crippen LogP contribution in [0.15, 0.2) is 73.6 Å². The molecule has 2 aliphatic heterocycles. The maximum Gasteiger partial charge on any atom is 0.214 e. The van der Waals surface area contributed by atoms with Crippen molar-refractivity contribution in [2.24, 2.45) is 14.1 Å². The van der Waals surface area contributed by atoms with Crippen molar-refractivity contribution in [3.8, 4) is 0 Å². The molecule has 6 aromatic rings. The summed E-state index contributed by atoms with van der Waals surface area (Å²) in [6.07, 6.45) is 9.85. The van der Waals surface area contributed by atoms with Crippen LogP contribution in [0.4, 0.5) is 23.0 Å². The lowest BCUT2D eigenvalue weighted by atomic mass is 9.91. The number of sulfonamides is 1. The Labute approximate surface area is 318 Å². The standard InChI is InChI=1S/C22H29N5O2S.C19H23N5/c1-5-9-30(28,29)27-13-18(14-27)17-7-8-20(16(6-2)10-17)26(4)22-11-21-19(12-23-22)24-15-25(21)3;1-4-13-7-14(15-9-20-10-15)5-6-17(13)24(3)19-8-18-16(11-21-19)22-12-23(18)2/h7-8,10-12,15,18H,5-6,9,13-14H2,1-4H3;5-8,11-12,15,20H,4,9-10H2,1-3H3. The predicted molar refractivity (Wildman–Crippen MR) is 219 cm³/mol. The van der Waals surface area contributed by atoms with Gasteiger partial charge in [-0.05, 0) is 53.6 Å². The fraction of sp³-hybridized carbons (Fsp3) is 0.415. The lowest BCUT2D eigenvalue weighted by molar-refractivity contribution is 0.264. The topological polar surface area (TPSA) is 117 Å². The summed E-state index contributed by atoms with van der Waals surface area (Å²) in [6, 6.07) is 17.5. The van der Waals surface area contributed by atoms with E-state index in [0.717, 1.165) is 65.3 Å². The summed E-state index contributed by atoms with van der Waals surface area (Å²) in [5.41, 5.74) is 11.6. The molecule has 284 valence electrons. The average molecular weight is 749 g/mol. The molecular weight excluding hydrogens is 697 g/mol. The number of hydrogen-bond acceptors (Lipinski definition) is 9. The van der Waals surface area contributed by atoms with Crippen molar-refractivity contribution < 1.29 is 8.42 Å². The van der Waals surface area contributed by atoms with Gasteiger partial charge in [-0.3, -0.25) is 0 Å². The van der Waals surface area contributed by atoms with Crippen LogP contribution in [-0.4, -0.2) is 87.8 Å². The van der Waals surface area contributed by atoms with Crippen LogP contribution in [0.1, 0.15) is 61.3 Å². The van der Waals surface area contributed by atoms with E-state index in [-0.39, 0.29) is 11.7 Å². The first-order chi connectivity index (χ1) is 26.0. The zero-order valence-electron chi connectivity index (χ0n) is 32.5. The van der Waals surface area contributed by atoms with Gasteiger partial charge in [0.25, 0.3) is 0 Å². The third-order valence-corrected chi connectivity index (χ3v) is 13.0. The van der Waals surface area contributed by atoms with Crippen molar-refractivity contribution in [3.05, 3.63) is 95.8 Å². The number of fused-ring (bicyclic) bond motifs is 2. The maximum absolute atomic E-state index is 12.2. The second-order valence-corrected chi connectivity index (χ2v) is 16.6. The first-order valence-corrected chi connectivity index (χ1v) is 20.6. The van der Waals surface area contributed by atoms with Crippen molar-refractivity contribution in [1.82, 2.24) is 38.7 Å². The Hall–Kier alpha value is -4.85. The monoisotopic (exact) mass is 748 g/mol. The first-order valence-electron chi connectivity index (χ1n) is 19.0. The van der Waals surface area contributed by atoms with Gasteiger partial charge in [-0.25, -0.2) is 32.7 Å². The number of hydrogen-bond donors (Lipinski definition) is 1. The van der Waals surface area contributed by atoms with Crippen LogP contribution < -0.4 is 15.1 Å². The van der Waals surface area contributed by atoms with Crippen LogP contribution in [0, 0.1) is 0 Å². The van der Waals surface area contributed by atoms with Crippen molar-refractivity contribution in [2.45, 2.75) is 51.9 Å². The second-order valence-electron chi connectivity index (χ2n) is 14.6. The SMILES string of the molecule is CCCS(=O)(=O)N1CC(c2ccc(N(C)c3cc4c(cn3)ncn4C)c(CC)c2)C1.CCc1cc(C2CNC2)ccc1N(C)c1cc2c(cn1)ncn2C. The fourth-order valence-corrected chi connectivity index (χ4v) is 8.97. The van der Waals surface area contributed by atoms with Gasteiger partial charge < -0.3 is 24.3 Å². The third-order valence-electron chi connectivity index (χ3n) is 11.0. The van der Waals surface area contributed by atoms with E-state index in [0.29, 0.717) is 25.4 Å². The normalized spacial score (nSPS) is 15.2. The Kier molecular flexibility index (Phi) is 10.7. The molecule has 0 bridgehead atoms. The number of aromatic nitrogens is 6. The van der Waals surface area contributed by atoms with Crippen LogP contribution in [0.5, 0.6) is 0 Å². The van der Waals surface area contributed by atoms with E-state index in [4.69, 9.17) is 0 Å². The molecule has 2 aliphatic rings. The summed E-state index contributed by atoms with van der Waals surface area (Å²) in [6.45, 7) is 9.62. The number of rotatable bonds is 11. The fourth-order valence-electron chi connectivity index (χ4n) is 7.38. The van der Waals surface area contributed by atoms with Crippen LogP contribution in [0.25, 0.3) is 22.1 Å². The maximum atomic E-state index is 12.2. The minimum absolute atomic E-state index is 0.234. The molecular formula is C41H52N10O2S. The van der Waals surface area contributed by atoms with Gasteiger partial charge in [0.1, 0.15) is 22.7 Å². The molecule has 0 atom stereocenters. The van der Waals surface area contributed by atoms with E-state index in [1.165, 1.54) is 27.9 Å². The molecule has 0 unspecified atom stereocenters. The summed E-state index contributed by atoms with van der Waals surface area (Å²) in [4.78, 5) is 22.2. The zero-order chi connectivity index (χ0) is 38.1. The lowest BCUT2D eigenvalue weighted by Crippen LogP contribution is -2.49. The Morgan fingerprint density at radius 2 is 1.19 bits per heavy atom. The summed E-state index contributed by atoms with van der Waals surface area (Å²) < 4.78 is 30.1. The summed E-state index contributed by atoms with van der Waals surface area (Å²) in [5, 5.41) is 3.35. The van der Waals surface area contributed by atoms with Gasteiger partial charge in [-0.2, -0.15) is 0 Å². The van der Waals surface area contributed by atoms with E-state index in [1.807, 2.05) is 49.7 Å². The number of anilines is 4. The highest BCUT2D eigenvalue weighted by atomic mass is 32.2. The molecule has 0 radical (unpaired) electrons. The first kappa shape index (κ1) is 37.5. The van der Waals surface area contributed by atoms with Gasteiger partial charge in [0.2, 0.25) is 10.0 Å². The number of imidazole rings is 2. The lowest BCUT2D eigenvalue weighted by Gasteiger charge is -2.38. The Morgan fingerprint density at radius 1 is 0.704 bits per heavy atom. The Balaban J connectivity index is 0.000000171. The van der Waals surface area contributed by atoms with Gasteiger partial charge in [0.15, 0.2) is 0 Å². The largest absolute Gasteiger partial charge is 0.334 e. The number of pyridine rings is 2. The summed E-state index contributed by atoms with van der Waals surface area (Å²) >= 11 is 0. The zero-order valence-corrected chi connectivity index (χ0v) is 33.3. The van der Waals surface area contributed by atoms with Gasteiger partial charge in [0.05, 0.1) is 41.8 Å². The van der Waals surface area contributed by atoms with E-state index in [2.05, 4.69) is 104 Å². The molecule has 0 aliphatic carbocycles. The molecule has 1 N–H and O–H groups in total. The Bertz CT molecular complexity index is 2380. The van der Waals surface area contributed by atoms with Gasteiger partial charge >= 0.3 is 0 Å². The molecule has 6 heterocycles. The molecule has 2 fully saturated rings. The molecule has 2 saturated heterocycles. The van der Waals surface area contributed by atoms with Gasteiger partial charge in [0, 0.05) is 89.7 Å². The highest BCUT2D eigenvalue weighted by Gasteiger charge is 2.36. The molecule has 4 aromatic heterocycles. The minimum atomic E-state index is -3.09. The van der Waals surface area contributed by atoms with Crippen LogP contribution in [0.3, 0.4) is 0 Å².